The average Bonchev–Trinajstić information content (AvgIpc) is 2.93. The highest BCUT2D eigenvalue weighted by atomic mass is 35.5. The summed E-state index contributed by atoms with van der Waals surface area (Å²) in [6.45, 7) is 7.51. The molecule has 0 fully saturated rings. The molecule has 1 heterocycles. The number of hydrogen-bond acceptors (Lipinski definition) is 4. The van der Waals surface area contributed by atoms with Crippen molar-refractivity contribution >= 4 is 44.7 Å². The Hall–Kier alpha value is -2.31. The molecule has 0 unspecified atom stereocenters. The molecule has 0 saturated heterocycles. The molecule has 2 aromatic carbocycles. The maximum Gasteiger partial charge on any atom is 0.308 e. The van der Waals surface area contributed by atoms with Crippen molar-refractivity contribution in [3.05, 3.63) is 56.7 Å². The largest absolute Gasteiger partial charge is 0.481 e. The lowest BCUT2D eigenvalue weighted by atomic mass is 10.2. The van der Waals surface area contributed by atoms with Crippen LogP contribution in [0.15, 0.2) is 41.2 Å². The van der Waals surface area contributed by atoms with E-state index in [2.05, 4.69) is 5.32 Å². The molecular weight excluding hydrogens is 384 g/mol. The topological polar surface area (TPSA) is 60.3 Å². The molecule has 0 aliphatic heterocycles. The molecule has 3 rings (SSSR count). The number of amides is 1. The molecule has 0 aliphatic rings. The molecule has 0 bridgehead atoms. The van der Waals surface area contributed by atoms with Crippen molar-refractivity contribution in [1.29, 1.82) is 0 Å². The van der Waals surface area contributed by atoms with Crippen LogP contribution < -0.4 is 14.9 Å². The van der Waals surface area contributed by atoms with Crippen LogP contribution >= 0.6 is 22.9 Å². The zero-order chi connectivity index (χ0) is 19.7. The molecule has 0 radical (unpaired) electrons. The minimum Gasteiger partial charge on any atom is -0.481 e. The molecule has 1 N–H and O–H groups in total. The van der Waals surface area contributed by atoms with Gasteiger partial charge in [0, 0.05) is 16.8 Å². The first-order valence-electron chi connectivity index (χ1n) is 8.65. The van der Waals surface area contributed by atoms with Crippen molar-refractivity contribution in [1.82, 2.24) is 4.57 Å². The van der Waals surface area contributed by atoms with Crippen molar-refractivity contribution in [2.45, 2.75) is 39.8 Å². The molecule has 3 aromatic rings. The Morgan fingerprint density at radius 1 is 1.19 bits per heavy atom. The van der Waals surface area contributed by atoms with Gasteiger partial charge in [0.05, 0.1) is 10.2 Å². The fourth-order valence-electron chi connectivity index (χ4n) is 2.80. The third-order valence-electron chi connectivity index (χ3n) is 4.21. The first-order chi connectivity index (χ1) is 12.8. The predicted octanol–water partition coefficient (Wildman–Crippen LogP) is 5.01. The molecule has 1 atom stereocenters. The lowest BCUT2D eigenvalue weighted by Crippen LogP contribution is -2.30. The van der Waals surface area contributed by atoms with Gasteiger partial charge in [0.1, 0.15) is 5.75 Å². The minimum atomic E-state index is -0.680. The van der Waals surface area contributed by atoms with Crippen LogP contribution in [0.5, 0.6) is 5.75 Å². The lowest BCUT2D eigenvalue weighted by Gasteiger charge is -2.15. The number of benzene rings is 2. The Bertz CT molecular complexity index is 1060. The first kappa shape index (κ1) is 19.5. The maximum atomic E-state index is 12.5. The minimum absolute atomic E-state index is 0.00159. The van der Waals surface area contributed by atoms with Crippen molar-refractivity contribution < 1.29 is 9.53 Å². The van der Waals surface area contributed by atoms with Gasteiger partial charge in [-0.2, -0.15) is 0 Å². The van der Waals surface area contributed by atoms with Crippen molar-refractivity contribution in [3.8, 4) is 5.75 Å². The number of nitrogens with one attached hydrogen (secondary N) is 1. The van der Waals surface area contributed by atoms with E-state index in [9.17, 15) is 9.59 Å². The van der Waals surface area contributed by atoms with Gasteiger partial charge >= 0.3 is 4.87 Å². The van der Waals surface area contributed by atoms with Gasteiger partial charge in [-0.3, -0.25) is 14.2 Å². The number of thiazole rings is 1. The summed E-state index contributed by atoms with van der Waals surface area (Å²) in [5.41, 5.74) is 2.39. The van der Waals surface area contributed by atoms with Crippen LogP contribution in [-0.4, -0.2) is 16.6 Å². The van der Waals surface area contributed by atoms with Gasteiger partial charge in [-0.15, -0.1) is 0 Å². The van der Waals surface area contributed by atoms with E-state index in [-0.39, 0.29) is 16.8 Å². The van der Waals surface area contributed by atoms with E-state index < -0.39 is 6.10 Å². The lowest BCUT2D eigenvalue weighted by molar-refractivity contribution is -0.122. The molecule has 1 aromatic heterocycles. The highest BCUT2D eigenvalue weighted by Crippen LogP contribution is 2.25. The standard InChI is InChI=1S/C20H21ClN2O3S/c1-11(2)23-17-8-5-14(10-18(17)27-20(23)25)22-19(24)13(4)26-15-6-7-16(21)12(3)9-15/h5-11,13H,1-4H3,(H,22,24)/t13-/m1/s1. The van der Waals surface area contributed by atoms with Gasteiger partial charge in [0.15, 0.2) is 6.10 Å². The van der Waals surface area contributed by atoms with Crippen molar-refractivity contribution in [2.24, 2.45) is 0 Å². The number of ether oxygens (including phenoxy) is 1. The van der Waals surface area contributed by atoms with E-state index in [1.54, 1.807) is 35.8 Å². The number of anilines is 1. The summed E-state index contributed by atoms with van der Waals surface area (Å²) in [6, 6.07) is 10.8. The quantitative estimate of drug-likeness (QED) is 0.650. The maximum absolute atomic E-state index is 12.5. The smallest absolute Gasteiger partial charge is 0.308 e. The average molecular weight is 405 g/mol. The fraction of sp³-hybridized carbons (Fsp3) is 0.300. The van der Waals surface area contributed by atoms with Crippen LogP contribution in [0.4, 0.5) is 5.69 Å². The summed E-state index contributed by atoms with van der Waals surface area (Å²) in [5.74, 6) is 0.319. The van der Waals surface area contributed by atoms with Crippen LogP contribution in [0.3, 0.4) is 0 Å². The highest BCUT2D eigenvalue weighted by molar-refractivity contribution is 7.16. The monoisotopic (exact) mass is 404 g/mol. The van der Waals surface area contributed by atoms with Crippen LogP contribution in [0, 0.1) is 6.92 Å². The normalized spacial score (nSPS) is 12.4. The van der Waals surface area contributed by atoms with E-state index in [1.807, 2.05) is 32.9 Å². The summed E-state index contributed by atoms with van der Waals surface area (Å²) in [7, 11) is 0. The Balaban J connectivity index is 1.75. The Morgan fingerprint density at radius 2 is 1.93 bits per heavy atom. The SMILES string of the molecule is Cc1cc(O[C@H](C)C(=O)Nc2ccc3c(c2)sc(=O)n3C(C)C)ccc1Cl. The van der Waals surface area contributed by atoms with E-state index in [4.69, 9.17) is 16.3 Å². The van der Waals surface area contributed by atoms with Gasteiger partial charge < -0.3 is 10.1 Å². The van der Waals surface area contributed by atoms with Crippen molar-refractivity contribution in [2.75, 3.05) is 5.32 Å². The number of halogens is 1. The third kappa shape index (κ3) is 4.17. The number of carbonyl (C=O) groups excluding carboxylic acids is 1. The molecule has 5 nitrogen and oxygen atoms in total. The Kier molecular flexibility index (Phi) is 5.58. The number of carbonyl (C=O) groups is 1. The molecule has 27 heavy (non-hydrogen) atoms. The van der Waals surface area contributed by atoms with Crippen molar-refractivity contribution in [3.63, 3.8) is 0 Å². The first-order valence-corrected chi connectivity index (χ1v) is 9.84. The molecule has 1 amide bonds. The van der Waals surface area contributed by atoms with Crippen LogP contribution in [0.1, 0.15) is 32.4 Å². The number of fused-ring (bicyclic) bond motifs is 1. The predicted molar refractivity (Wildman–Crippen MR) is 111 cm³/mol. The van der Waals surface area contributed by atoms with Gasteiger partial charge in [-0.1, -0.05) is 22.9 Å². The second-order valence-corrected chi connectivity index (χ2v) is 8.07. The molecule has 0 aliphatic carbocycles. The second kappa shape index (κ2) is 7.74. The van der Waals surface area contributed by atoms with Crippen LogP contribution in [0.2, 0.25) is 5.02 Å². The van der Waals surface area contributed by atoms with Gasteiger partial charge in [-0.05, 0) is 69.7 Å². The summed E-state index contributed by atoms with van der Waals surface area (Å²) >= 11 is 7.18. The van der Waals surface area contributed by atoms with Gasteiger partial charge in [0.2, 0.25) is 0 Å². The van der Waals surface area contributed by atoms with E-state index in [0.717, 1.165) is 15.8 Å². The van der Waals surface area contributed by atoms with Gasteiger partial charge in [-0.25, -0.2) is 0 Å². The number of nitrogens with zero attached hydrogens (tertiary/aromatic N) is 1. The molecule has 0 saturated carbocycles. The van der Waals surface area contributed by atoms with Crippen LogP contribution in [-0.2, 0) is 4.79 Å². The van der Waals surface area contributed by atoms with Crippen LogP contribution in [0.25, 0.3) is 10.2 Å². The molecular formula is C20H21ClN2O3S. The van der Waals surface area contributed by atoms with Gasteiger partial charge in [0.25, 0.3) is 5.91 Å². The summed E-state index contributed by atoms with van der Waals surface area (Å²) < 4.78 is 8.30. The zero-order valence-electron chi connectivity index (χ0n) is 15.6. The second-order valence-electron chi connectivity index (χ2n) is 6.67. The summed E-state index contributed by atoms with van der Waals surface area (Å²) in [4.78, 5) is 24.6. The van der Waals surface area contributed by atoms with E-state index in [0.29, 0.717) is 16.5 Å². The Labute approximate surface area is 166 Å². The number of aryl methyl sites for hydroxylation is 1. The zero-order valence-corrected chi connectivity index (χ0v) is 17.1. The third-order valence-corrected chi connectivity index (χ3v) is 5.55. The van der Waals surface area contributed by atoms with E-state index in [1.165, 1.54) is 11.3 Å². The fourth-order valence-corrected chi connectivity index (χ4v) is 3.97. The van der Waals surface area contributed by atoms with E-state index >= 15 is 0 Å². The number of hydrogen-bond donors (Lipinski definition) is 1. The Morgan fingerprint density at radius 3 is 2.59 bits per heavy atom. The highest BCUT2D eigenvalue weighted by Gasteiger charge is 2.17. The number of aromatic nitrogens is 1. The number of rotatable bonds is 5. The molecule has 0 spiro atoms. The summed E-state index contributed by atoms with van der Waals surface area (Å²) in [6.07, 6.45) is -0.680. The molecule has 7 heteroatoms. The molecule has 142 valence electrons. The summed E-state index contributed by atoms with van der Waals surface area (Å²) in [5, 5.41) is 3.50.